The van der Waals surface area contributed by atoms with Gasteiger partial charge in [-0.25, -0.2) is 0 Å². The first kappa shape index (κ1) is 12.7. The molecular formula is C15H18N2O. The van der Waals surface area contributed by atoms with Gasteiger partial charge in [0.25, 0.3) is 0 Å². The third-order valence-electron chi connectivity index (χ3n) is 3.04. The highest BCUT2D eigenvalue weighted by molar-refractivity contribution is 5.99. The van der Waals surface area contributed by atoms with Crippen LogP contribution in [0.25, 0.3) is 10.9 Å². The molecule has 3 heteroatoms. The molecule has 0 fully saturated rings. The maximum absolute atomic E-state index is 12.0. The highest BCUT2D eigenvalue weighted by atomic mass is 16.1. The number of carbonyl (C=O) groups excluding carboxylic acids is 1. The number of Topliss-reactive ketones (excluding diaryl/α,β-unsaturated/α-hetero) is 1. The summed E-state index contributed by atoms with van der Waals surface area (Å²) in [5, 5.41) is 1.07. The zero-order valence-corrected chi connectivity index (χ0v) is 10.4. The van der Waals surface area contributed by atoms with Crippen LogP contribution in [0.3, 0.4) is 0 Å². The van der Waals surface area contributed by atoms with Crippen LogP contribution in [0.1, 0.15) is 36.0 Å². The molecule has 1 aromatic carbocycles. The van der Waals surface area contributed by atoms with E-state index in [1.165, 1.54) is 0 Å². The largest absolute Gasteiger partial charge is 0.330 e. The Labute approximate surface area is 107 Å². The lowest BCUT2D eigenvalue weighted by Gasteiger charge is -2.03. The number of ketones is 1. The Kier molecular flexibility index (Phi) is 4.42. The molecule has 18 heavy (non-hydrogen) atoms. The van der Waals surface area contributed by atoms with Gasteiger partial charge in [-0.1, -0.05) is 24.6 Å². The molecule has 0 radical (unpaired) electrons. The molecule has 1 aromatic heterocycles. The fourth-order valence-corrected chi connectivity index (χ4v) is 1.99. The van der Waals surface area contributed by atoms with Gasteiger partial charge in [-0.05, 0) is 31.5 Å². The van der Waals surface area contributed by atoms with Crippen LogP contribution in [0.15, 0.2) is 36.5 Å². The molecule has 3 nitrogen and oxygen atoms in total. The summed E-state index contributed by atoms with van der Waals surface area (Å²) in [5.41, 5.74) is 7.06. The Bertz CT molecular complexity index is 537. The zero-order valence-electron chi connectivity index (χ0n) is 10.4. The molecule has 0 aliphatic carbocycles. The molecule has 0 amide bonds. The normalized spacial score (nSPS) is 10.7. The van der Waals surface area contributed by atoms with E-state index in [-0.39, 0.29) is 5.78 Å². The van der Waals surface area contributed by atoms with Gasteiger partial charge in [-0.3, -0.25) is 9.78 Å². The van der Waals surface area contributed by atoms with Crippen molar-refractivity contribution in [3.05, 3.63) is 42.1 Å². The molecule has 1 heterocycles. The molecule has 0 bridgehead atoms. The second-order valence-corrected chi connectivity index (χ2v) is 4.43. The summed E-state index contributed by atoms with van der Waals surface area (Å²) in [4.78, 5) is 16.3. The van der Waals surface area contributed by atoms with Crippen molar-refractivity contribution in [3.63, 3.8) is 0 Å². The van der Waals surface area contributed by atoms with E-state index in [1.807, 2.05) is 30.3 Å². The third-order valence-corrected chi connectivity index (χ3v) is 3.04. The van der Waals surface area contributed by atoms with Crippen molar-refractivity contribution in [2.75, 3.05) is 6.54 Å². The molecule has 0 saturated carbocycles. The van der Waals surface area contributed by atoms with Gasteiger partial charge in [0.05, 0.1) is 5.52 Å². The van der Waals surface area contributed by atoms with Crippen molar-refractivity contribution < 1.29 is 4.79 Å². The summed E-state index contributed by atoms with van der Waals surface area (Å²) in [6, 6.07) is 9.61. The second kappa shape index (κ2) is 6.26. The first-order valence-electron chi connectivity index (χ1n) is 6.39. The van der Waals surface area contributed by atoms with Gasteiger partial charge in [0.2, 0.25) is 0 Å². The number of hydrogen-bond acceptors (Lipinski definition) is 3. The summed E-state index contributed by atoms with van der Waals surface area (Å²) >= 11 is 0. The van der Waals surface area contributed by atoms with E-state index in [1.54, 1.807) is 6.20 Å². The van der Waals surface area contributed by atoms with Crippen molar-refractivity contribution in [1.29, 1.82) is 0 Å². The van der Waals surface area contributed by atoms with Crippen molar-refractivity contribution in [2.24, 2.45) is 5.73 Å². The van der Waals surface area contributed by atoms with Crippen LogP contribution in [-0.4, -0.2) is 17.3 Å². The van der Waals surface area contributed by atoms with Crippen LogP contribution >= 0.6 is 0 Å². The molecule has 94 valence electrons. The van der Waals surface area contributed by atoms with Crippen molar-refractivity contribution in [3.8, 4) is 0 Å². The van der Waals surface area contributed by atoms with Gasteiger partial charge in [0.15, 0.2) is 5.78 Å². The molecule has 2 aromatic rings. The van der Waals surface area contributed by atoms with Crippen LogP contribution in [0.4, 0.5) is 0 Å². The first-order valence-corrected chi connectivity index (χ1v) is 6.39. The summed E-state index contributed by atoms with van der Waals surface area (Å²) in [5.74, 6) is 0.194. The minimum absolute atomic E-state index is 0.194. The monoisotopic (exact) mass is 242 g/mol. The molecule has 0 aliphatic heterocycles. The van der Waals surface area contributed by atoms with E-state index in [2.05, 4.69) is 4.98 Å². The Morgan fingerprint density at radius 2 is 2.06 bits per heavy atom. The Balaban J connectivity index is 2.04. The average molecular weight is 242 g/mol. The SMILES string of the molecule is NCCCCCC(=O)c1ccc2cccnc2c1. The molecule has 0 atom stereocenters. The van der Waals surface area contributed by atoms with Gasteiger partial charge < -0.3 is 5.73 Å². The van der Waals surface area contributed by atoms with Gasteiger partial charge in [-0.15, -0.1) is 0 Å². The lowest BCUT2D eigenvalue weighted by atomic mass is 10.0. The van der Waals surface area contributed by atoms with Crippen LogP contribution < -0.4 is 5.73 Å². The van der Waals surface area contributed by atoms with Gasteiger partial charge >= 0.3 is 0 Å². The first-order chi connectivity index (χ1) is 8.81. The van der Waals surface area contributed by atoms with Crippen LogP contribution in [0.2, 0.25) is 0 Å². The molecule has 0 spiro atoms. The molecule has 0 aliphatic rings. The predicted molar refractivity (Wildman–Crippen MR) is 73.6 cm³/mol. The fourth-order valence-electron chi connectivity index (χ4n) is 1.99. The van der Waals surface area contributed by atoms with Gasteiger partial charge in [0, 0.05) is 23.6 Å². The fraction of sp³-hybridized carbons (Fsp3) is 0.333. The molecular weight excluding hydrogens is 224 g/mol. The number of fused-ring (bicyclic) bond motifs is 1. The van der Waals surface area contributed by atoms with Crippen molar-refractivity contribution in [2.45, 2.75) is 25.7 Å². The van der Waals surface area contributed by atoms with E-state index in [9.17, 15) is 4.79 Å². The topological polar surface area (TPSA) is 56.0 Å². The third kappa shape index (κ3) is 3.14. The maximum atomic E-state index is 12.0. The highest BCUT2D eigenvalue weighted by Crippen LogP contribution is 2.15. The number of carbonyl (C=O) groups is 1. The van der Waals surface area contributed by atoms with Crippen molar-refractivity contribution >= 4 is 16.7 Å². The minimum atomic E-state index is 0.194. The van der Waals surface area contributed by atoms with Crippen LogP contribution in [-0.2, 0) is 0 Å². The standard InChI is InChI=1S/C15H18N2O/c16-9-3-1-2-6-15(18)13-8-7-12-5-4-10-17-14(12)11-13/h4-5,7-8,10-11H,1-3,6,9,16H2. The molecule has 2 N–H and O–H groups in total. The van der Waals surface area contributed by atoms with E-state index in [4.69, 9.17) is 5.73 Å². The predicted octanol–water partition coefficient (Wildman–Crippen LogP) is 2.94. The van der Waals surface area contributed by atoms with E-state index in [0.29, 0.717) is 13.0 Å². The summed E-state index contributed by atoms with van der Waals surface area (Å²) in [6.45, 7) is 0.702. The van der Waals surface area contributed by atoms with E-state index < -0.39 is 0 Å². The quantitative estimate of drug-likeness (QED) is 0.626. The highest BCUT2D eigenvalue weighted by Gasteiger charge is 2.06. The Morgan fingerprint density at radius 1 is 1.17 bits per heavy atom. The van der Waals surface area contributed by atoms with E-state index >= 15 is 0 Å². The Hall–Kier alpha value is -1.74. The lowest BCUT2D eigenvalue weighted by Crippen LogP contribution is -2.01. The lowest BCUT2D eigenvalue weighted by molar-refractivity contribution is 0.0979. The second-order valence-electron chi connectivity index (χ2n) is 4.43. The molecule has 2 rings (SSSR count). The number of rotatable bonds is 6. The summed E-state index contributed by atoms with van der Waals surface area (Å²) in [6.07, 6.45) is 5.27. The van der Waals surface area contributed by atoms with Crippen LogP contribution in [0, 0.1) is 0 Å². The smallest absolute Gasteiger partial charge is 0.162 e. The summed E-state index contributed by atoms with van der Waals surface area (Å²) in [7, 11) is 0. The number of hydrogen-bond donors (Lipinski definition) is 1. The number of unbranched alkanes of at least 4 members (excludes halogenated alkanes) is 2. The minimum Gasteiger partial charge on any atom is -0.330 e. The van der Waals surface area contributed by atoms with Crippen molar-refractivity contribution in [1.82, 2.24) is 4.98 Å². The van der Waals surface area contributed by atoms with Gasteiger partial charge in [-0.2, -0.15) is 0 Å². The van der Waals surface area contributed by atoms with Gasteiger partial charge in [0.1, 0.15) is 0 Å². The Morgan fingerprint density at radius 3 is 2.89 bits per heavy atom. The number of nitrogens with zero attached hydrogens (tertiary/aromatic N) is 1. The molecule has 0 unspecified atom stereocenters. The number of benzene rings is 1. The van der Waals surface area contributed by atoms with E-state index in [0.717, 1.165) is 35.7 Å². The number of nitrogens with two attached hydrogens (primary N) is 1. The number of aromatic nitrogens is 1. The average Bonchev–Trinajstić information content (AvgIpc) is 2.43. The summed E-state index contributed by atoms with van der Waals surface area (Å²) < 4.78 is 0. The zero-order chi connectivity index (χ0) is 12.8. The maximum Gasteiger partial charge on any atom is 0.162 e. The molecule has 0 saturated heterocycles. The number of pyridine rings is 1. The van der Waals surface area contributed by atoms with Crippen LogP contribution in [0.5, 0.6) is 0 Å².